The predicted octanol–water partition coefficient (Wildman–Crippen LogP) is 2.49. The van der Waals surface area contributed by atoms with Gasteiger partial charge in [-0.3, -0.25) is 9.59 Å². The minimum atomic E-state index is -0.135. The molecule has 1 saturated carbocycles. The fourth-order valence-electron chi connectivity index (χ4n) is 3.51. The third-order valence-electron chi connectivity index (χ3n) is 4.72. The van der Waals surface area contributed by atoms with Crippen LogP contribution < -0.4 is 10.1 Å². The summed E-state index contributed by atoms with van der Waals surface area (Å²) in [4.78, 5) is 23.2. The van der Waals surface area contributed by atoms with Crippen molar-refractivity contribution in [2.45, 2.75) is 50.7 Å². The Balaban J connectivity index is 1.44. The van der Waals surface area contributed by atoms with E-state index in [2.05, 4.69) is 5.32 Å². The number of rotatable bonds is 5. The van der Waals surface area contributed by atoms with Crippen LogP contribution in [0.1, 0.15) is 49.4 Å². The second-order valence-electron chi connectivity index (χ2n) is 6.54. The molecular formula is C18H23NO4. The van der Waals surface area contributed by atoms with E-state index in [4.69, 9.17) is 9.47 Å². The Labute approximate surface area is 136 Å². The maximum absolute atomic E-state index is 12.0. The Morgan fingerprint density at radius 3 is 2.61 bits per heavy atom. The van der Waals surface area contributed by atoms with E-state index in [-0.39, 0.29) is 29.9 Å². The molecule has 1 amide bonds. The van der Waals surface area contributed by atoms with Crippen LogP contribution >= 0.6 is 0 Å². The Bertz CT molecular complexity index is 575. The first-order valence-electron chi connectivity index (χ1n) is 8.23. The minimum absolute atomic E-state index is 0.0105. The molecule has 1 N–H and O–H groups in total. The van der Waals surface area contributed by atoms with E-state index in [9.17, 15) is 9.59 Å². The lowest BCUT2D eigenvalue weighted by molar-refractivity contribution is -0.123. The number of ether oxygens (including phenoxy) is 2. The molecule has 1 atom stereocenters. The smallest absolute Gasteiger partial charge is 0.258 e. The quantitative estimate of drug-likeness (QED) is 0.847. The van der Waals surface area contributed by atoms with Crippen LogP contribution in [0.4, 0.5) is 0 Å². The van der Waals surface area contributed by atoms with Gasteiger partial charge >= 0.3 is 0 Å². The highest BCUT2D eigenvalue weighted by atomic mass is 16.5. The number of hydrogen-bond acceptors (Lipinski definition) is 4. The number of amides is 1. The van der Waals surface area contributed by atoms with Crippen LogP contribution in [0.15, 0.2) is 24.3 Å². The lowest BCUT2D eigenvalue weighted by Crippen LogP contribution is -2.39. The summed E-state index contributed by atoms with van der Waals surface area (Å²) in [6.45, 7) is 2.09. The molecule has 1 aromatic carbocycles. The van der Waals surface area contributed by atoms with Gasteiger partial charge < -0.3 is 14.8 Å². The summed E-state index contributed by atoms with van der Waals surface area (Å²) < 4.78 is 11.4. The van der Waals surface area contributed by atoms with Crippen LogP contribution in [-0.2, 0) is 9.53 Å². The maximum atomic E-state index is 12.0. The summed E-state index contributed by atoms with van der Waals surface area (Å²) in [7, 11) is 0. The van der Waals surface area contributed by atoms with Gasteiger partial charge in [-0.05, 0) is 50.5 Å². The standard InChI is InChI=1S/C18H23NO4/c1-13(20)14-4-6-16(7-5-14)22-12-17(21)19-15-10-18(23-11-15)8-2-3-9-18/h4-7,15H,2-3,8-12H2,1H3,(H,19,21). The Hall–Kier alpha value is -1.88. The predicted molar refractivity (Wildman–Crippen MR) is 85.6 cm³/mol. The zero-order valence-corrected chi connectivity index (χ0v) is 13.5. The molecule has 124 valence electrons. The average Bonchev–Trinajstić information content (AvgIpc) is 3.16. The van der Waals surface area contributed by atoms with Crippen molar-refractivity contribution >= 4 is 11.7 Å². The van der Waals surface area contributed by atoms with Crippen LogP contribution in [0.5, 0.6) is 5.75 Å². The number of benzene rings is 1. The van der Waals surface area contributed by atoms with Crippen molar-refractivity contribution in [2.24, 2.45) is 0 Å². The van der Waals surface area contributed by atoms with Gasteiger partial charge in [0.1, 0.15) is 5.75 Å². The van der Waals surface area contributed by atoms with Crippen LogP contribution in [-0.4, -0.2) is 36.5 Å². The lowest BCUT2D eigenvalue weighted by Gasteiger charge is -2.21. The average molecular weight is 317 g/mol. The van der Waals surface area contributed by atoms with E-state index in [0.717, 1.165) is 19.3 Å². The van der Waals surface area contributed by atoms with Gasteiger partial charge in [-0.15, -0.1) is 0 Å². The molecule has 1 heterocycles. The van der Waals surface area contributed by atoms with Gasteiger partial charge in [0.05, 0.1) is 18.2 Å². The SMILES string of the molecule is CC(=O)c1ccc(OCC(=O)NC2COC3(CCCC3)C2)cc1. The summed E-state index contributed by atoms with van der Waals surface area (Å²) in [5.74, 6) is 0.459. The van der Waals surface area contributed by atoms with E-state index in [1.54, 1.807) is 24.3 Å². The maximum Gasteiger partial charge on any atom is 0.258 e. The Morgan fingerprint density at radius 1 is 1.26 bits per heavy atom. The molecule has 5 heteroatoms. The number of hydrogen-bond donors (Lipinski definition) is 1. The van der Waals surface area contributed by atoms with Gasteiger partial charge in [-0.2, -0.15) is 0 Å². The molecule has 1 aromatic rings. The van der Waals surface area contributed by atoms with Crippen LogP contribution in [0.3, 0.4) is 0 Å². The normalized spacial score (nSPS) is 22.2. The van der Waals surface area contributed by atoms with E-state index < -0.39 is 0 Å². The van der Waals surface area contributed by atoms with Gasteiger partial charge in [-0.1, -0.05) is 12.8 Å². The molecule has 2 fully saturated rings. The van der Waals surface area contributed by atoms with Crippen LogP contribution in [0.2, 0.25) is 0 Å². The third-order valence-corrected chi connectivity index (χ3v) is 4.72. The van der Waals surface area contributed by atoms with Crippen molar-refractivity contribution in [3.63, 3.8) is 0 Å². The molecule has 2 aliphatic rings. The zero-order chi connectivity index (χ0) is 16.3. The van der Waals surface area contributed by atoms with Crippen molar-refractivity contribution in [3.8, 4) is 5.75 Å². The van der Waals surface area contributed by atoms with Gasteiger partial charge in [0.25, 0.3) is 5.91 Å². The first kappa shape index (κ1) is 16.0. The molecule has 0 bridgehead atoms. The van der Waals surface area contributed by atoms with Gasteiger partial charge in [0.2, 0.25) is 0 Å². The van der Waals surface area contributed by atoms with Crippen LogP contribution in [0.25, 0.3) is 0 Å². The highest BCUT2D eigenvalue weighted by Crippen LogP contribution is 2.40. The number of ketones is 1. The highest BCUT2D eigenvalue weighted by Gasteiger charge is 2.42. The summed E-state index contributed by atoms with van der Waals surface area (Å²) >= 11 is 0. The molecule has 5 nitrogen and oxygen atoms in total. The van der Waals surface area contributed by atoms with Crippen molar-refractivity contribution in [1.82, 2.24) is 5.32 Å². The molecular weight excluding hydrogens is 294 g/mol. The monoisotopic (exact) mass is 317 g/mol. The molecule has 1 unspecified atom stereocenters. The zero-order valence-electron chi connectivity index (χ0n) is 13.5. The third kappa shape index (κ3) is 3.91. The summed E-state index contributed by atoms with van der Waals surface area (Å²) in [6.07, 6.45) is 5.57. The lowest BCUT2D eigenvalue weighted by atomic mass is 9.96. The van der Waals surface area contributed by atoms with Gasteiger partial charge in [-0.25, -0.2) is 0 Å². The van der Waals surface area contributed by atoms with Crippen molar-refractivity contribution < 1.29 is 19.1 Å². The Kier molecular flexibility index (Phi) is 4.66. The summed E-state index contributed by atoms with van der Waals surface area (Å²) in [5.41, 5.74) is 0.646. The highest BCUT2D eigenvalue weighted by molar-refractivity contribution is 5.94. The molecule has 0 aromatic heterocycles. The molecule has 1 saturated heterocycles. The number of nitrogens with one attached hydrogen (secondary N) is 1. The Morgan fingerprint density at radius 2 is 1.96 bits per heavy atom. The molecule has 1 spiro atoms. The fourth-order valence-corrected chi connectivity index (χ4v) is 3.51. The second-order valence-corrected chi connectivity index (χ2v) is 6.54. The summed E-state index contributed by atoms with van der Waals surface area (Å²) in [6, 6.07) is 6.89. The van der Waals surface area contributed by atoms with Crippen molar-refractivity contribution in [3.05, 3.63) is 29.8 Å². The second kappa shape index (κ2) is 6.71. The number of Topliss-reactive ketones (excluding diaryl/α,β-unsaturated/α-hetero) is 1. The molecule has 1 aliphatic heterocycles. The molecule has 3 rings (SSSR count). The first-order chi connectivity index (χ1) is 11.1. The van der Waals surface area contributed by atoms with Gasteiger partial charge in [0, 0.05) is 5.56 Å². The number of carbonyl (C=O) groups excluding carboxylic acids is 2. The van der Waals surface area contributed by atoms with Crippen LogP contribution in [0, 0.1) is 0 Å². The molecule has 0 radical (unpaired) electrons. The summed E-state index contributed by atoms with van der Waals surface area (Å²) in [5, 5.41) is 2.99. The van der Waals surface area contributed by atoms with E-state index in [0.29, 0.717) is 17.9 Å². The number of carbonyl (C=O) groups is 2. The molecule has 1 aliphatic carbocycles. The molecule has 23 heavy (non-hydrogen) atoms. The van der Waals surface area contributed by atoms with Crippen molar-refractivity contribution in [2.75, 3.05) is 13.2 Å². The van der Waals surface area contributed by atoms with Crippen molar-refractivity contribution in [1.29, 1.82) is 0 Å². The fraction of sp³-hybridized carbons (Fsp3) is 0.556. The van der Waals surface area contributed by atoms with Gasteiger partial charge in [0.15, 0.2) is 12.4 Å². The first-order valence-corrected chi connectivity index (χ1v) is 8.23. The largest absolute Gasteiger partial charge is 0.484 e. The van der Waals surface area contributed by atoms with E-state index >= 15 is 0 Å². The van der Waals surface area contributed by atoms with E-state index in [1.165, 1.54) is 19.8 Å². The topological polar surface area (TPSA) is 64.6 Å². The van der Waals surface area contributed by atoms with E-state index in [1.807, 2.05) is 0 Å². The minimum Gasteiger partial charge on any atom is -0.484 e.